The maximum absolute atomic E-state index is 12.7. The van der Waals surface area contributed by atoms with Gasteiger partial charge in [0.2, 0.25) is 11.8 Å². The zero-order chi connectivity index (χ0) is 18.8. The molecular weight excluding hydrogens is 346 g/mol. The van der Waals surface area contributed by atoms with Gasteiger partial charge in [0.1, 0.15) is 5.71 Å². The van der Waals surface area contributed by atoms with E-state index in [9.17, 15) is 14.4 Å². The molecule has 27 heavy (non-hydrogen) atoms. The molecule has 2 aliphatic rings. The molecule has 8 heteroatoms. The maximum atomic E-state index is 12.7. The van der Waals surface area contributed by atoms with Crippen LogP contribution in [0, 0.1) is 0 Å². The van der Waals surface area contributed by atoms with E-state index >= 15 is 0 Å². The zero-order valence-corrected chi connectivity index (χ0v) is 14.9. The summed E-state index contributed by atoms with van der Waals surface area (Å²) in [6.07, 6.45) is 2.88. The Hall–Kier alpha value is -3.16. The smallest absolute Gasteiger partial charge is 0.270 e. The van der Waals surface area contributed by atoms with Gasteiger partial charge in [0.25, 0.3) is 5.91 Å². The third-order valence-corrected chi connectivity index (χ3v) is 5.09. The summed E-state index contributed by atoms with van der Waals surface area (Å²) < 4.78 is 0. The predicted octanol–water partition coefficient (Wildman–Crippen LogP) is 0.647. The van der Waals surface area contributed by atoms with Crippen LogP contribution in [0.1, 0.15) is 18.4 Å². The average Bonchev–Trinajstić information content (AvgIpc) is 3.11. The molecule has 140 valence electrons. The number of hydrazone groups is 1. The first-order valence-electron chi connectivity index (χ1n) is 9.09. The molecule has 1 saturated heterocycles. The van der Waals surface area contributed by atoms with E-state index in [0.29, 0.717) is 44.7 Å². The van der Waals surface area contributed by atoms with Gasteiger partial charge in [-0.2, -0.15) is 5.10 Å². The number of rotatable bonds is 3. The molecule has 4 rings (SSSR count). The molecule has 3 amide bonds. The van der Waals surface area contributed by atoms with E-state index in [4.69, 9.17) is 0 Å². The van der Waals surface area contributed by atoms with E-state index in [2.05, 4.69) is 15.5 Å². The minimum atomic E-state index is -0.167. The van der Waals surface area contributed by atoms with Crippen LogP contribution >= 0.6 is 0 Å². The molecule has 2 aliphatic heterocycles. The van der Waals surface area contributed by atoms with Crippen molar-refractivity contribution in [3.8, 4) is 0 Å². The Bertz CT molecular complexity index is 924. The maximum Gasteiger partial charge on any atom is 0.270 e. The molecule has 2 aromatic rings. The number of fused-ring (bicyclic) bond motifs is 1. The molecule has 1 fully saturated rings. The van der Waals surface area contributed by atoms with Crippen LogP contribution in [0.2, 0.25) is 0 Å². The van der Waals surface area contributed by atoms with Crippen molar-refractivity contribution in [1.29, 1.82) is 0 Å². The van der Waals surface area contributed by atoms with Gasteiger partial charge in [0.15, 0.2) is 0 Å². The highest BCUT2D eigenvalue weighted by molar-refractivity contribution is 6.39. The van der Waals surface area contributed by atoms with Gasteiger partial charge >= 0.3 is 0 Å². The van der Waals surface area contributed by atoms with Crippen LogP contribution in [0.3, 0.4) is 0 Å². The standard InChI is InChI=1S/C19H21N5O3/c25-17-6-5-16(21-22-17)19(27)24-9-7-23(8-10-24)18(26)11-13-12-20-15-4-2-1-3-14(13)15/h1-4,12,20H,5-11H2,(H,22,25). The van der Waals surface area contributed by atoms with Crippen LogP contribution < -0.4 is 5.43 Å². The lowest BCUT2D eigenvalue weighted by Gasteiger charge is -2.35. The quantitative estimate of drug-likeness (QED) is 0.833. The molecule has 8 nitrogen and oxygen atoms in total. The molecule has 1 aromatic carbocycles. The summed E-state index contributed by atoms with van der Waals surface area (Å²) in [5.74, 6) is -0.257. The van der Waals surface area contributed by atoms with Gasteiger partial charge in [-0.15, -0.1) is 0 Å². The van der Waals surface area contributed by atoms with Gasteiger partial charge in [0.05, 0.1) is 6.42 Å². The number of para-hydroxylation sites is 1. The van der Waals surface area contributed by atoms with Crippen molar-refractivity contribution in [3.63, 3.8) is 0 Å². The number of hydrogen-bond acceptors (Lipinski definition) is 4. The third-order valence-electron chi connectivity index (χ3n) is 5.09. The van der Waals surface area contributed by atoms with Crippen molar-refractivity contribution in [2.45, 2.75) is 19.3 Å². The van der Waals surface area contributed by atoms with Gasteiger partial charge in [0, 0.05) is 56.1 Å². The Balaban J connectivity index is 1.34. The molecule has 2 N–H and O–H groups in total. The Kier molecular flexibility index (Phi) is 4.62. The van der Waals surface area contributed by atoms with Gasteiger partial charge in [-0.1, -0.05) is 18.2 Å². The molecule has 0 saturated carbocycles. The van der Waals surface area contributed by atoms with E-state index < -0.39 is 0 Å². The highest BCUT2D eigenvalue weighted by Crippen LogP contribution is 2.19. The fourth-order valence-corrected chi connectivity index (χ4v) is 3.52. The Morgan fingerprint density at radius 3 is 2.52 bits per heavy atom. The minimum Gasteiger partial charge on any atom is -0.361 e. The van der Waals surface area contributed by atoms with E-state index in [1.54, 1.807) is 9.80 Å². The number of piperazine rings is 1. The van der Waals surface area contributed by atoms with Crippen LogP contribution in [-0.4, -0.2) is 64.4 Å². The van der Waals surface area contributed by atoms with Crippen LogP contribution in [0.25, 0.3) is 10.9 Å². The first kappa shape index (κ1) is 17.3. The molecule has 0 radical (unpaired) electrons. The van der Waals surface area contributed by atoms with Crippen LogP contribution in [-0.2, 0) is 20.8 Å². The van der Waals surface area contributed by atoms with Crippen LogP contribution in [0.5, 0.6) is 0 Å². The number of carbonyl (C=O) groups excluding carboxylic acids is 3. The largest absolute Gasteiger partial charge is 0.361 e. The average molecular weight is 367 g/mol. The molecule has 0 aliphatic carbocycles. The van der Waals surface area contributed by atoms with Crippen LogP contribution in [0.15, 0.2) is 35.6 Å². The second-order valence-electron chi connectivity index (χ2n) is 6.80. The van der Waals surface area contributed by atoms with E-state index in [-0.39, 0.29) is 24.1 Å². The minimum absolute atomic E-state index is 0.0640. The topological polar surface area (TPSA) is 97.9 Å². The first-order valence-corrected chi connectivity index (χ1v) is 9.09. The Morgan fingerprint density at radius 1 is 1.04 bits per heavy atom. The second-order valence-corrected chi connectivity index (χ2v) is 6.80. The first-order chi connectivity index (χ1) is 13.1. The van der Waals surface area contributed by atoms with Crippen molar-refractivity contribution >= 4 is 34.3 Å². The summed E-state index contributed by atoms with van der Waals surface area (Å²) in [5, 5.41) is 4.93. The molecule has 0 atom stereocenters. The lowest BCUT2D eigenvalue weighted by Crippen LogP contribution is -2.53. The molecule has 1 aromatic heterocycles. The van der Waals surface area contributed by atoms with E-state index in [1.165, 1.54) is 0 Å². The third kappa shape index (κ3) is 3.55. The highest BCUT2D eigenvalue weighted by Gasteiger charge is 2.28. The van der Waals surface area contributed by atoms with Gasteiger partial charge < -0.3 is 14.8 Å². The van der Waals surface area contributed by atoms with Gasteiger partial charge in [-0.25, -0.2) is 5.43 Å². The molecular formula is C19H21N5O3. The normalized spacial score (nSPS) is 17.6. The number of benzene rings is 1. The summed E-state index contributed by atoms with van der Waals surface area (Å²) in [6, 6.07) is 7.92. The summed E-state index contributed by atoms with van der Waals surface area (Å²) >= 11 is 0. The van der Waals surface area contributed by atoms with Crippen LogP contribution in [0.4, 0.5) is 0 Å². The molecule has 0 bridgehead atoms. The van der Waals surface area contributed by atoms with Crippen molar-refractivity contribution in [2.75, 3.05) is 26.2 Å². The van der Waals surface area contributed by atoms with Crippen molar-refractivity contribution in [3.05, 3.63) is 36.0 Å². The van der Waals surface area contributed by atoms with E-state index in [1.807, 2.05) is 30.5 Å². The highest BCUT2D eigenvalue weighted by atomic mass is 16.2. The molecule has 0 unspecified atom stereocenters. The monoisotopic (exact) mass is 367 g/mol. The number of hydrogen-bond donors (Lipinski definition) is 2. The van der Waals surface area contributed by atoms with Gasteiger partial charge in [-0.3, -0.25) is 14.4 Å². The molecule has 0 spiro atoms. The van der Waals surface area contributed by atoms with Crippen molar-refractivity contribution < 1.29 is 14.4 Å². The van der Waals surface area contributed by atoms with Gasteiger partial charge in [-0.05, 0) is 11.6 Å². The lowest BCUT2D eigenvalue weighted by molar-refractivity contribution is -0.136. The summed E-state index contributed by atoms with van der Waals surface area (Å²) in [7, 11) is 0. The Labute approximate surface area is 156 Å². The fraction of sp³-hybridized carbons (Fsp3) is 0.368. The predicted molar refractivity (Wildman–Crippen MR) is 100.0 cm³/mol. The summed E-state index contributed by atoms with van der Waals surface area (Å²) in [6.45, 7) is 1.97. The summed E-state index contributed by atoms with van der Waals surface area (Å²) in [5.41, 5.74) is 4.75. The SMILES string of the molecule is O=C1CCC(C(=O)N2CCN(C(=O)Cc3c[nH]c4ccccc34)CC2)=NN1. The Morgan fingerprint density at radius 2 is 1.78 bits per heavy atom. The van der Waals surface area contributed by atoms with E-state index in [0.717, 1.165) is 16.5 Å². The number of aromatic amines is 1. The second kappa shape index (κ2) is 7.22. The number of amides is 3. The summed E-state index contributed by atoms with van der Waals surface area (Å²) in [4.78, 5) is 43.0. The fourth-order valence-electron chi connectivity index (χ4n) is 3.52. The lowest BCUT2D eigenvalue weighted by atomic mass is 10.1. The number of carbonyl (C=O) groups is 3. The number of H-pyrrole nitrogens is 1. The van der Waals surface area contributed by atoms with Crippen molar-refractivity contribution in [1.82, 2.24) is 20.2 Å². The van der Waals surface area contributed by atoms with Crippen molar-refractivity contribution in [2.24, 2.45) is 5.10 Å². The number of nitrogens with zero attached hydrogens (tertiary/aromatic N) is 3. The molecule has 3 heterocycles. The number of nitrogens with one attached hydrogen (secondary N) is 2. The number of aromatic nitrogens is 1. The zero-order valence-electron chi connectivity index (χ0n) is 14.9.